The van der Waals surface area contributed by atoms with Gasteiger partial charge in [-0.1, -0.05) is 12.1 Å². The number of hydrogen-bond donors (Lipinski definition) is 0. The molecule has 1 aromatic carbocycles. The molecule has 0 saturated carbocycles. The highest BCUT2D eigenvalue weighted by Crippen LogP contribution is 2.38. The van der Waals surface area contributed by atoms with Gasteiger partial charge in [-0.05, 0) is 11.6 Å². The normalized spacial score (nSPS) is 17.3. The summed E-state index contributed by atoms with van der Waals surface area (Å²) in [6, 6.07) is 5.25. The van der Waals surface area contributed by atoms with E-state index in [0.717, 1.165) is 0 Å². The molecule has 1 heterocycles. The first kappa shape index (κ1) is 12.6. The van der Waals surface area contributed by atoms with Gasteiger partial charge < -0.3 is 4.74 Å². The van der Waals surface area contributed by atoms with Gasteiger partial charge in [0.1, 0.15) is 0 Å². The number of methoxy groups -OCH3 is 1. The lowest BCUT2D eigenvalue weighted by Gasteiger charge is -2.19. The third-order valence-corrected chi connectivity index (χ3v) is 3.75. The van der Waals surface area contributed by atoms with E-state index in [0.29, 0.717) is 22.0 Å². The van der Waals surface area contributed by atoms with Crippen molar-refractivity contribution in [1.82, 2.24) is 4.57 Å². The van der Waals surface area contributed by atoms with Crippen molar-refractivity contribution >= 4 is 28.6 Å². The molecule has 1 aliphatic carbocycles. The van der Waals surface area contributed by atoms with Gasteiger partial charge in [0.15, 0.2) is 5.78 Å². The summed E-state index contributed by atoms with van der Waals surface area (Å²) in [6.45, 7) is 1.45. The minimum atomic E-state index is -0.634. The number of carbonyl (C=O) groups is 3. The summed E-state index contributed by atoms with van der Waals surface area (Å²) in [7, 11) is 1.30. The van der Waals surface area contributed by atoms with Crippen molar-refractivity contribution in [2.24, 2.45) is 0 Å². The minimum absolute atomic E-state index is 0.0840. The van der Waals surface area contributed by atoms with Crippen molar-refractivity contribution in [2.45, 2.75) is 19.3 Å². The maximum Gasteiger partial charge on any atom is 0.313 e. The Morgan fingerprint density at radius 2 is 2.10 bits per heavy atom. The quantitative estimate of drug-likeness (QED) is 0.745. The average molecular weight is 271 g/mol. The Bertz CT molecular complexity index is 757. The lowest BCUT2D eigenvalue weighted by molar-refractivity contribution is -0.142. The van der Waals surface area contributed by atoms with Gasteiger partial charge in [0.05, 0.1) is 18.5 Å². The summed E-state index contributed by atoms with van der Waals surface area (Å²) in [5, 5.41) is 0.689. The lowest BCUT2D eigenvalue weighted by Crippen LogP contribution is -2.21. The van der Waals surface area contributed by atoms with E-state index in [9.17, 15) is 14.4 Å². The van der Waals surface area contributed by atoms with Crippen LogP contribution in [-0.2, 0) is 9.53 Å². The number of aromatic nitrogens is 1. The summed E-state index contributed by atoms with van der Waals surface area (Å²) in [5.74, 6) is -1.34. The van der Waals surface area contributed by atoms with Gasteiger partial charge in [-0.25, -0.2) is 0 Å². The first-order valence-corrected chi connectivity index (χ1v) is 6.30. The molecule has 0 radical (unpaired) electrons. The summed E-state index contributed by atoms with van der Waals surface area (Å²) in [6.07, 6.45) is 1.73. The Kier molecular flexibility index (Phi) is 2.71. The third-order valence-electron chi connectivity index (χ3n) is 3.75. The molecule has 5 heteroatoms. The van der Waals surface area contributed by atoms with Gasteiger partial charge in [-0.3, -0.25) is 19.0 Å². The summed E-state index contributed by atoms with van der Waals surface area (Å²) < 4.78 is 6.24. The van der Waals surface area contributed by atoms with Crippen molar-refractivity contribution in [3.05, 3.63) is 35.5 Å². The molecule has 1 atom stereocenters. The van der Waals surface area contributed by atoms with E-state index in [4.69, 9.17) is 4.74 Å². The predicted octanol–water partition coefficient (Wildman–Crippen LogP) is 2.14. The number of esters is 1. The van der Waals surface area contributed by atoms with Crippen LogP contribution in [0.15, 0.2) is 24.4 Å². The highest BCUT2D eigenvalue weighted by Gasteiger charge is 2.34. The van der Waals surface area contributed by atoms with Crippen LogP contribution in [0, 0.1) is 0 Å². The summed E-state index contributed by atoms with van der Waals surface area (Å²) in [4.78, 5) is 35.8. The SMILES string of the molecule is COC(=O)C1CC(=O)c2cccc3c2c1cn3C(C)=O. The molecule has 2 aromatic rings. The Hall–Kier alpha value is -2.43. The highest BCUT2D eigenvalue weighted by molar-refractivity contribution is 6.15. The van der Waals surface area contributed by atoms with Crippen LogP contribution in [-0.4, -0.2) is 29.3 Å². The second kappa shape index (κ2) is 4.30. The van der Waals surface area contributed by atoms with Crippen LogP contribution in [0.3, 0.4) is 0 Å². The fraction of sp³-hybridized carbons (Fsp3) is 0.267. The first-order chi connectivity index (χ1) is 9.54. The van der Waals surface area contributed by atoms with Crippen LogP contribution in [0.25, 0.3) is 10.9 Å². The summed E-state index contributed by atoms with van der Waals surface area (Å²) in [5.41, 5.74) is 1.92. The second-order valence-electron chi connectivity index (χ2n) is 4.88. The van der Waals surface area contributed by atoms with Crippen LogP contribution >= 0.6 is 0 Å². The van der Waals surface area contributed by atoms with Crippen LogP contribution < -0.4 is 0 Å². The Labute approximate surface area is 115 Å². The Balaban J connectivity index is 2.36. The predicted molar refractivity (Wildman–Crippen MR) is 71.9 cm³/mol. The van der Waals surface area contributed by atoms with E-state index < -0.39 is 11.9 Å². The molecule has 0 aliphatic heterocycles. The highest BCUT2D eigenvalue weighted by atomic mass is 16.5. The molecule has 0 spiro atoms. The molecule has 0 N–H and O–H groups in total. The van der Waals surface area contributed by atoms with E-state index in [1.54, 1.807) is 24.4 Å². The molecule has 20 heavy (non-hydrogen) atoms. The van der Waals surface area contributed by atoms with Gasteiger partial charge in [-0.15, -0.1) is 0 Å². The van der Waals surface area contributed by atoms with Gasteiger partial charge in [0.25, 0.3) is 0 Å². The fourth-order valence-corrected chi connectivity index (χ4v) is 2.83. The molecule has 0 bridgehead atoms. The number of ketones is 1. The lowest BCUT2D eigenvalue weighted by atomic mass is 9.84. The topological polar surface area (TPSA) is 65.4 Å². The van der Waals surface area contributed by atoms with Gasteiger partial charge in [0.2, 0.25) is 5.91 Å². The zero-order valence-electron chi connectivity index (χ0n) is 11.2. The van der Waals surface area contributed by atoms with Crippen molar-refractivity contribution < 1.29 is 19.1 Å². The smallest absolute Gasteiger partial charge is 0.313 e. The molecule has 102 valence electrons. The first-order valence-electron chi connectivity index (χ1n) is 6.30. The molecule has 0 saturated heterocycles. The van der Waals surface area contributed by atoms with Gasteiger partial charge in [0, 0.05) is 30.5 Å². The van der Waals surface area contributed by atoms with E-state index >= 15 is 0 Å². The molecule has 1 aliphatic rings. The van der Waals surface area contributed by atoms with Crippen LogP contribution in [0.2, 0.25) is 0 Å². The van der Waals surface area contributed by atoms with Crippen LogP contribution in [0.1, 0.15) is 40.0 Å². The minimum Gasteiger partial charge on any atom is -0.469 e. The van der Waals surface area contributed by atoms with Crippen molar-refractivity contribution in [3.8, 4) is 0 Å². The molecule has 3 rings (SSSR count). The number of rotatable bonds is 1. The molecular weight excluding hydrogens is 258 g/mol. The zero-order valence-corrected chi connectivity index (χ0v) is 11.2. The van der Waals surface area contributed by atoms with E-state index in [1.807, 2.05) is 0 Å². The molecular formula is C15H13NO4. The maximum absolute atomic E-state index is 12.2. The monoisotopic (exact) mass is 271 g/mol. The Morgan fingerprint density at radius 3 is 2.75 bits per heavy atom. The molecule has 5 nitrogen and oxygen atoms in total. The van der Waals surface area contributed by atoms with Gasteiger partial charge >= 0.3 is 5.97 Å². The zero-order chi connectivity index (χ0) is 14.4. The number of ether oxygens (including phenoxy) is 1. The largest absolute Gasteiger partial charge is 0.469 e. The van der Waals surface area contributed by atoms with E-state index in [1.165, 1.54) is 18.6 Å². The number of hydrogen-bond acceptors (Lipinski definition) is 4. The van der Waals surface area contributed by atoms with Gasteiger partial charge in [-0.2, -0.15) is 0 Å². The average Bonchev–Trinajstić information content (AvgIpc) is 2.83. The van der Waals surface area contributed by atoms with E-state index in [-0.39, 0.29) is 18.1 Å². The molecule has 0 fully saturated rings. The number of Topliss-reactive ketones (excluding diaryl/α,β-unsaturated/α-hetero) is 1. The number of benzene rings is 1. The fourth-order valence-electron chi connectivity index (χ4n) is 2.83. The molecule has 1 aromatic heterocycles. The van der Waals surface area contributed by atoms with Crippen LogP contribution in [0.5, 0.6) is 0 Å². The summed E-state index contributed by atoms with van der Waals surface area (Å²) >= 11 is 0. The standard InChI is InChI=1S/C15H13NO4/c1-8(17)16-7-11-10(15(19)20-2)6-13(18)9-4-3-5-12(16)14(9)11/h3-5,7,10H,6H2,1-2H3. The molecule has 1 unspecified atom stereocenters. The molecule has 0 amide bonds. The van der Waals surface area contributed by atoms with Crippen molar-refractivity contribution in [3.63, 3.8) is 0 Å². The van der Waals surface area contributed by atoms with Crippen molar-refractivity contribution in [2.75, 3.05) is 7.11 Å². The number of nitrogens with zero attached hydrogens (tertiary/aromatic N) is 1. The second-order valence-corrected chi connectivity index (χ2v) is 4.88. The Morgan fingerprint density at radius 1 is 1.35 bits per heavy atom. The van der Waals surface area contributed by atoms with E-state index in [2.05, 4.69) is 0 Å². The maximum atomic E-state index is 12.2. The number of carbonyl (C=O) groups excluding carboxylic acids is 3. The van der Waals surface area contributed by atoms with Crippen LogP contribution in [0.4, 0.5) is 0 Å². The van der Waals surface area contributed by atoms with Crippen molar-refractivity contribution in [1.29, 1.82) is 0 Å². The third kappa shape index (κ3) is 1.59.